The summed E-state index contributed by atoms with van der Waals surface area (Å²) in [7, 11) is 0. The van der Waals surface area contributed by atoms with E-state index >= 15 is 0 Å². The minimum absolute atomic E-state index is 0.909. The first-order valence-electron chi connectivity index (χ1n) is 3.68. The maximum Gasteiger partial charge on any atom is 0.0599 e. The Balaban J connectivity index is 2.92. The summed E-state index contributed by atoms with van der Waals surface area (Å²) in [6, 6.07) is 1.94. The van der Waals surface area contributed by atoms with Crippen LogP contribution in [0.25, 0.3) is 6.08 Å². The molecule has 0 aliphatic heterocycles. The molecule has 1 aromatic heterocycles. The fourth-order valence-corrected chi connectivity index (χ4v) is 0.921. The zero-order chi connectivity index (χ0) is 8.10. The molecule has 0 atom stereocenters. The molecule has 11 heavy (non-hydrogen) atoms. The Kier molecular flexibility index (Phi) is 2.66. The molecule has 0 fully saturated rings. The van der Waals surface area contributed by atoms with Gasteiger partial charge in [0.25, 0.3) is 0 Å². The predicted octanol–water partition coefficient (Wildman–Crippen LogP) is 2.16. The molecule has 2 nitrogen and oxygen atoms in total. The Labute approximate surface area is 67.0 Å². The monoisotopic (exact) mass is 148 g/mol. The number of pyridine rings is 1. The van der Waals surface area contributed by atoms with E-state index < -0.39 is 0 Å². The molecule has 0 saturated heterocycles. The van der Waals surface area contributed by atoms with Gasteiger partial charge in [0, 0.05) is 18.3 Å². The van der Waals surface area contributed by atoms with Gasteiger partial charge in [0.2, 0.25) is 0 Å². The molecule has 58 valence electrons. The van der Waals surface area contributed by atoms with Gasteiger partial charge in [-0.25, -0.2) is 0 Å². The lowest BCUT2D eigenvalue weighted by molar-refractivity contribution is 1.19. The standard InChI is InChI=1S/C9H12N2/c1-3-8-5-6-10-7-9(8)11-4-2/h3,5-7,11H,1,4H2,2H3. The van der Waals surface area contributed by atoms with E-state index in [-0.39, 0.29) is 0 Å². The average molecular weight is 148 g/mol. The van der Waals surface area contributed by atoms with Gasteiger partial charge in [-0.1, -0.05) is 12.7 Å². The van der Waals surface area contributed by atoms with Gasteiger partial charge in [-0.3, -0.25) is 4.98 Å². The van der Waals surface area contributed by atoms with Crippen LogP contribution in [0.4, 0.5) is 5.69 Å². The van der Waals surface area contributed by atoms with Crippen molar-refractivity contribution < 1.29 is 0 Å². The van der Waals surface area contributed by atoms with E-state index in [1.54, 1.807) is 12.4 Å². The molecule has 0 radical (unpaired) electrons. The van der Waals surface area contributed by atoms with Crippen molar-refractivity contribution >= 4 is 11.8 Å². The van der Waals surface area contributed by atoms with Crippen LogP contribution in [0.15, 0.2) is 25.0 Å². The minimum atomic E-state index is 0.909. The number of aromatic nitrogens is 1. The normalized spacial score (nSPS) is 9.18. The van der Waals surface area contributed by atoms with Crippen molar-refractivity contribution in [1.82, 2.24) is 4.98 Å². The van der Waals surface area contributed by atoms with Crippen LogP contribution in [0.2, 0.25) is 0 Å². The van der Waals surface area contributed by atoms with Crippen molar-refractivity contribution in [2.24, 2.45) is 0 Å². The van der Waals surface area contributed by atoms with Crippen molar-refractivity contribution in [3.8, 4) is 0 Å². The number of rotatable bonds is 3. The lowest BCUT2D eigenvalue weighted by atomic mass is 10.2. The second kappa shape index (κ2) is 3.76. The van der Waals surface area contributed by atoms with Gasteiger partial charge in [0.15, 0.2) is 0 Å². The van der Waals surface area contributed by atoms with Crippen LogP contribution in [0.3, 0.4) is 0 Å². The van der Waals surface area contributed by atoms with Crippen LogP contribution in [0.1, 0.15) is 12.5 Å². The molecular weight excluding hydrogens is 136 g/mol. The number of nitrogens with zero attached hydrogens (tertiary/aromatic N) is 1. The lowest BCUT2D eigenvalue weighted by Crippen LogP contribution is -1.98. The van der Waals surface area contributed by atoms with Crippen molar-refractivity contribution in [2.45, 2.75) is 6.92 Å². The van der Waals surface area contributed by atoms with Crippen molar-refractivity contribution in [3.63, 3.8) is 0 Å². The molecule has 0 aromatic carbocycles. The second-order valence-corrected chi connectivity index (χ2v) is 2.20. The SMILES string of the molecule is C=Cc1ccncc1NCC. The molecule has 0 bridgehead atoms. The highest BCUT2D eigenvalue weighted by Gasteiger charge is 1.94. The molecule has 0 aliphatic rings. The number of anilines is 1. The molecule has 1 aromatic rings. The molecule has 0 saturated carbocycles. The van der Waals surface area contributed by atoms with Gasteiger partial charge in [-0.15, -0.1) is 0 Å². The van der Waals surface area contributed by atoms with Gasteiger partial charge in [-0.2, -0.15) is 0 Å². The third kappa shape index (κ3) is 1.80. The van der Waals surface area contributed by atoms with Crippen molar-refractivity contribution in [3.05, 3.63) is 30.6 Å². The molecule has 1 N–H and O–H groups in total. The first-order chi connectivity index (χ1) is 5.38. The lowest BCUT2D eigenvalue weighted by Gasteiger charge is -2.04. The molecule has 1 rings (SSSR count). The largest absolute Gasteiger partial charge is 0.384 e. The summed E-state index contributed by atoms with van der Waals surface area (Å²) in [4.78, 5) is 4.00. The van der Waals surface area contributed by atoms with E-state index in [0.29, 0.717) is 0 Å². The Morgan fingerprint density at radius 1 is 1.73 bits per heavy atom. The van der Waals surface area contributed by atoms with Crippen LogP contribution < -0.4 is 5.32 Å². The van der Waals surface area contributed by atoms with E-state index in [1.807, 2.05) is 12.1 Å². The van der Waals surface area contributed by atoms with Crippen molar-refractivity contribution in [2.75, 3.05) is 11.9 Å². The van der Waals surface area contributed by atoms with Crippen LogP contribution in [-0.2, 0) is 0 Å². The van der Waals surface area contributed by atoms with E-state index in [2.05, 4.69) is 23.8 Å². The molecule has 0 unspecified atom stereocenters. The Morgan fingerprint density at radius 3 is 3.18 bits per heavy atom. The Morgan fingerprint density at radius 2 is 2.55 bits per heavy atom. The van der Waals surface area contributed by atoms with Gasteiger partial charge < -0.3 is 5.32 Å². The topological polar surface area (TPSA) is 24.9 Å². The summed E-state index contributed by atoms with van der Waals surface area (Å²) in [5.41, 5.74) is 2.15. The second-order valence-electron chi connectivity index (χ2n) is 2.20. The maximum absolute atomic E-state index is 4.00. The van der Waals surface area contributed by atoms with Crippen LogP contribution in [0, 0.1) is 0 Å². The third-order valence-electron chi connectivity index (χ3n) is 1.44. The smallest absolute Gasteiger partial charge is 0.0599 e. The number of hydrogen-bond acceptors (Lipinski definition) is 2. The fourth-order valence-electron chi connectivity index (χ4n) is 0.921. The predicted molar refractivity (Wildman–Crippen MR) is 48.5 cm³/mol. The number of hydrogen-bond donors (Lipinski definition) is 1. The van der Waals surface area contributed by atoms with E-state index in [1.165, 1.54) is 0 Å². The number of nitrogens with one attached hydrogen (secondary N) is 1. The van der Waals surface area contributed by atoms with Gasteiger partial charge in [0.1, 0.15) is 0 Å². The van der Waals surface area contributed by atoms with Crippen LogP contribution in [-0.4, -0.2) is 11.5 Å². The zero-order valence-electron chi connectivity index (χ0n) is 6.67. The third-order valence-corrected chi connectivity index (χ3v) is 1.44. The summed E-state index contributed by atoms with van der Waals surface area (Å²) in [5, 5.41) is 3.19. The van der Waals surface area contributed by atoms with E-state index in [9.17, 15) is 0 Å². The molecule has 0 spiro atoms. The van der Waals surface area contributed by atoms with Crippen molar-refractivity contribution in [1.29, 1.82) is 0 Å². The van der Waals surface area contributed by atoms with E-state index in [0.717, 1.165) is 17.8 Å². The minimum Gasteiger partial charge on any atom is -0.384 e. The highest BCUT2D eigenvalue weighted by molar-refractivity contribution is 5.64. The molecule has 0 aliphatic carbocycles. The molecule has 1 heterocycles. The van der Waals surface area contributed by atoms with Gasteiger partial charge >= 0.3 is 0 Å². The molecule has 0 amide bonds. The average Bonchev–Trinajstić information content (AvgIpc) is 2.06. The first-order valence-corrected chi connectivity index (χ1v) is 3.68. The van der Waals surface area contributed by atoms with Gasteiger partial charge in [0.05, 0.1) is 11.9 Å². The van der Waals surface area contributed by atoms with Crippen LogP contribution >= 0.6 is 0 Å². The summed E-state index contributed by atoms with van der Waals surface area (Å²) in [5.74, 6) is 0. The zero-order valence-corrected chi connectivity index (χ0v) is 6.67. The quantitative estimate of drug-likeness (QED) is 0.710. The summed E-state index contributed by atoms with van der Waals surface area (Å²) < 4.78 is 0. The van der Waals surface area contributed by atoms with E-state index in [4.69, 9.17) is 0 Å². The van der Waals surface area contributed by atoms with Crippen LogP contribution in [0.5, 0.6) is 0 Å². The first kappa shape index (κ1) is 7.79. The highest BCUT2D eigenvalue weighted by Crippen LogP contribution is 2.13. The molecular formula is C9H12N2. The summed E-state index contributed by atoms with van der Waals surface area (Å²) >= 11 is 0. The van der Waals surface area contributed by atoms with Gasteiger partial charge in [-0.05, 0) is 13.0 Å². The fraction of sp³-hybridized carbons (Fsp3) is 0.222. The highest BCUT2D eigenvalue weighted by atomic mass is 14.9. The Hall–Kier alpha value is -1.31. The maximum atomic E-state index is 4.00. The molecule has 2 heteroatoms. The summed E-state index contributed by atoms with van der Waals surface area (Å²) in [6.07, 6.45) is 5.39. The Bertz CT molecular complexity index is 243. The summed E-state index contributed by atoms with van der Waals surface area (Å²) in [6.45, 7) is 6.67.